The number of hydrogen-bond donors (Lipinski definition) is 0. The molecule has 0 N–H and O–H groups in total. The van der Waals surface area contributed by atoms with Gasteiger partial charge in [0, 0.05) is 16.2 Å². The van der Waals surface area contributed by atoms with Gasteiger partial charge in [0.1, 0.15) is 6.29 Å². The smallest absolute Gasteiger partial charge is 0.236 e. The van der Waals surface area contributed by atoms with Crippen LogP contribution in [-0.2, 0) is 14.8 Å². The fraction of sp³-hybridized carbons (Fsp3) is 0.222. The number of rotatable bonds is 3. The summed E-state index contributed by atoms with van der Waals surface area (Å²) in [6.45, 7) is 1.82. The highest BCUT2D eigenvalue weighted by molar-refractivity contribution is 8.13. The lowest BCUT2D eigenvalue weighted by atomic mass is 10.1. The minimum absolute atomic E-state index is 0.315. The molecule has 0 aromatic heterocycles. The Balaban J connectivity index is 3.18. The summed E-state index contributed by atoms with van der Waals surface area (Å²) in [5.41, 5.74) is 1.70. The molecule has 14 heavy (non-hydrogen) atoms. The van der Waals surface area contributed by atoms with Crippen LogP contribution in [0.25, 0.3) is 0 Å². The van der Waals surface area contributed by atoms with Gasteiger partial charge in [-0.25, -0.2) is 8.42 Å². The van der Waals surface area contributed by atoms with Crippen LogP contribution in [0.4, 0.5) is 0 Å². The molecule has 0 amide bonds. The van der Waals surface area contributed by atoms with Crippen molar-refractivity contribution in [3.63, 3.8) is 0 Å². The summed E-state index contributed by atoms with van der Waals surface area (Å²) in [7, 11) is 1.49. The van der Waals surface area contributed by atoms with Gasteiger partial charge in [0.2, 0.25) is 9.05 Å². The van der Waals surface area contributed by atoms with Crippen molar-refractivity contribution >= 4 is 26.0 Å². The van der Waals surface area contributed by atoms with E-state index in [2.05, 4.69) is 0 Å². The van der Waals surface area contributed by atoms with Crippen molar-refractivity contribution < 1.29 is 13.2 Å². The third-order valence-electron chi connectivity index (χ3n) is 1.75. The maximum Gasteiger partial charge on any atom is 0.236 e. The second kappa shape index (κ2) is 4.11. The van der Waals surface area contributed by atoms with Crippen LogP contribution in [0.3, 0.4) is 0 Å². The van der Waals surface area contributed by atoms with Crippen LogP contribution < -0.4 is 0 Å². The van der Waals surface area contributed by atoms with Crippen LogP contribution in [0.15, 0.2) is 18.2 Å². The third-order valence-corrected chi connectivity index (χ3v) is 2.74. The average Bonchev–Trinajstić information content (AvgIpc) is 2.01. The second-order valence-corrected chi connectivity index (χ2v) is 5.78. The van der Waals surface area contributed by atoms with E-state index in [9.17, 15) is 13.2 Å². The van der Waals surface area contributed by atoms with E-state index in [1.54, 1.807) is 18.2 Å². The van der Waals surface area contributed by atoms with Crippen molar-refractivity contribution in [2.45, 2.75) is 12.7 Å². The summed E-state index contributed by atoms with van der Waals surface area (Å²) in [4.78, 5) is 10.6. The zero-order valence-corrected chi connectivity index (χ0v) is 9.10. The normalized spacial score (nSPS) is 11.3. The Morgan fingerprint density at radius 1 is 1.43 bits per heavy atom. The molecule has 0 aliphatic rings. The number of hydrogen-bond acceptors (Lipinski definition) is 3. The van der Waals surface area contributed by atoms with Gasteiger partial charge in [-0.1, -0.05) is 23.8 Å². The third kappa shape index (κ3) is 3.12. The Morgan fingerprint density at radius 2 is 2.07 bits per heavy atom. The molecule has 0 bridgehead atoms. The largest absolute Gasteiger partial charge is 0.298 e. The fourth-order valence-corrected chi connectivity index (χ4v) is 2.13. The molecule has 5 heteroatoms. The molecule has 0 heterocycles. The van der Waals surface area contributed by atoms with Crippen molar-refractivity contribution in [1.29, 1.82) is 0 Å². The summed E-state index contributed by atoms with van der Waals surface area (Å²) >= 11 is 0. The SMILES string of the molecule is Cc1ccc(C=O)c(CS(=O)(=O)Cl)c1. The highest BCUT2D eigenvalue weighted by Gasteiger charge is 2.10. The van der Waals surface area contributed by atoms with Crippen molar-refractivity contribution in [2.24, 2.45) is 0 Å². The molecular weight excluding hydrogens is 224 g/mol. The van der Waals surface area contributed by atoms with E-state index >= 15 is 0 Å². The van der Waals surface area contributed by atoms with Gasteiger partial charge in [0.15, 0.2) is 0 Å². The van der Waals surface area contributed by atoms with Crippen molar-refractivity contribution in [3.05, 3.63) is 34.9 Å². The van der Waals surface area contributed by atoms with E-state index in [0.717, 1.165) is 5.56 Å². The zero-order valence-electron chi connectivity index (χ0n) is 7.53. The lowest BCUT2D eigenvalue weighted by Crippen LogP contribution is -1.99. The predicted molar refractivity (Wildman–Crippen MR) is 55.0 cm³/mol. The highest BCUT2D eigenvalue weighted by Crippen LogP contribution is 2.15. The predicted octanol–water partition coefficient (Wildman–Crippen LogP) is 1.88. The lowest BCUT2D eigenvalue weighted by Gasteiger charge is -2.03. The van der Waals surface area contributed by atoms with E-state index in [0.29, 0.717) is 17.4 Å². The van der Waals surface area contributed by atoms with E-state index in [4.69, 9.17) is 10.7 Å². The molecule has 0 unspecified atom stereocenters. The van der Waals surface area contributed by atoms with E-state index < -0.39 is 9.05 Å². The zero-order chi connectivity index (χ0) is 10.8. The van der Waals surface area contributed by atoms with Gasteiger partial charge in [-0.05, 0) is 12.5 Å². The molecule has 3 nitrogen and oxygen atoms in total. The number of carbonyl (C=O) groups is 1. The van der Waals surface area contributed by atoms with Gasteiger partial charge in [0.05, 0.1) is 5.75 Å². The summed E-state index contributed by atoms with van der Waals surface area (Å²) in [6, 6.07) is 4.97. The van der Waals surface area contributed by atoms with Crippen LogP contribution in [0.5, 0.6) is 0 Å². The molecular formula is C9H9ClO3S. The summed E-state index contributed by atoms with van der Waals surface area (Å²) in [5.74, 6) is -0.315. The molecule has 76 valence electrons. The van der Waals surface area contributed by atoms with Crippen molar-refractivity contribution in [1.82, 2.24) is 0 Å². The quantitative estimate of drug-likeness (QED) is 0.591. The molecule has 0 saturated heterocycles. The lowest BCUT2D eigenvalue weighted by molar-refractivity contribution is 0.112. The number of halogens is 1. The molecule has 0 fully saturated rings. The molecule has 1 rings (SSSR count). The molecule has 0 radical (unpaired) electrons. The first-order valence-electron chi connectivity index (χ1n) is 3.89. The van der Waals surface area contributed by atoms with E-state index in [1.165, 1.54) is 0 Å². The Bertz CT molecular complexity index is 451. The first-order chi connectivity index (χ1) is 6.42. The fourth-order valence-electron chi connectivity index (χ4n) is 1.16. The van der Waals surface area contributed by atoms with Crippen LogP contribution in [0, 0.1) is 6.92 Å². The number of aldehydes is 1. The molecule has 0 saturated carbocycles. The Labute approximate surface area is 87.1 Å². The monoisotopic (exact) mass is 232 g/mol. The maximum atomic E-state index is 10.8. The van der Waals surface area contributed by atoms with E-state index in [1.807, 2.05) is 6.92 Å². The van der Waals surface area contributed by atoms with Gasteiger partial charge in [-0.3, -0.25) is 4.79 Å². The van der Waals surface area contributed by atoms with Gasteiger partial charge in [0.25, 0.3) is 0 Å². The summed E-state index contributed by atoms with van der Waals surface area (Å²) in [6.07, 6.45) is 0.622. The second-order valence-electron chi connectivity index (χ2n) is 3.00. The number of benzene rings is 1. The van der Waals surface area contributed by atoms with Gasteiger partial charge >= 0.3 is 0 Å². The molecule has 0 spiro atoms. The van der Waals surface area contributed by atoms with Crippen LogP contribution in [0.2, 0.25) is 0 Å². The molecule has 0 atom stereocenters. The number of aryl methyl sites for hydroxylation is 1. The maximum absolute atomic E-state index is 10.8. The molecule has 0 aliphatic carbocycles. The van der Waals surface area contributed by atoms with Crippen LogP contribution in [0.1, 0.15) is 21.5 Å². The number of carbonyl (C=O) groups excluding carboxylic acids is 1. The Hall–Kier alpha value is -0.870. The minimum Gasteiger partial charge on any atom is -0.298 e. The van der Waals surface area contributed by atoms with Gasteiger partial charge < -0.3 is 0 Å². The first-order valence-corrected chi connectivity index (χ1v) is 6.37. The minimum atomic E-state index is -3.61. The highest BCUT2D eigenvalue weighted by atomic mass is 35.7. The van der Waals surface area contributed by atoms with Crippen molar-refractivity contribution in [3.8, 4) is 0 Å². The molecule has 1 aromatic rings. The molecule has 1 aromatic carbocycles. The van der Waals surface area contributed by atoms with Crippen LogP contribution in [-0.4, -0.2) is 14.7 Å². The summed E-state index contributed by atoms with van der Waals surface area (Å²) in [5, 5.41) is 0. The summed E-state index contributed by atoms with van der Waals surface area (Å²) < 4.78 is 21.7. The van der Waals surface area contributed by atoms with E-state index in [-0.39, 0.29) is 5.75 Å². The standard InChI is InChI=1S/C9H9ClO3S/c1-7-2-3-8(5-11)9(4-7)6-14(10,12)13/h2-5H,6H2,1H3. The molecule has 0 aliphatic heterocycles. The average molecular weight is 233 g/mol. The topological polar surface area (TPSA) is 51.2 Å². The first kappa shape index (κ1) is 11.2. The van der Waals surface area contributed by atoms with Crippen LogP contribution >= 0.6 is 10.7 Å². The Morgan fingerprint density at radius 3 is 2.57 bits per heavy atom. The van der Waals surface area contributed by atoms with Gasteiger partial charge in [-0.15, -0.1) is 0 Å². The van der Waals surface area contributed by atoms with Gasteiger partial charge in [-0.2, -0.15) is 0 Å². The van der Waals surface area contributed by atoms with Crippen molar-refractivity contribution in [2.75, 3.05) is 0 Å². The Kier molecular flexibility index (Phi) is 3.29.